The number of urea groups is 1. The van der Waals surface area contributed by atoms with Crippen molar-refractivity contribution in [1.29, 1.82) is 0 Å². The molecule has 178 valence electrons. The van der Waals surface area contributed by atoms with Crippen molar-refractivity contribution in [3.05, 3.63) is 30.1 Å². The minimum atomic E-state index is -3.69. The first-order valence-electron chi connectivity index (χ1n) is 12.0. The largest absolute Gasteiger partial charge is 0.335 e. The van der Waals surface area contributed by atoms with Crippen LogP contribution in [0.15, 0.2) is 29.2 Å². The molecule has 0 aromatic heterocycles. The second-order valence-corrected chi connectivity index (χ2v) is 11.3. The zero-order valence-corrected chi connectivity index (χ0v) is 19.5. The van der Waals surface area contributed by atoms with Crippen LogP contribution in [0.25, 0.3) is 0 Å². The Bertz CT molecular complexity index is 866. The standard InChI is InChI=1S/C23H35FN4O3S/c24-20-6-8-22(9-7-20)32(30,31)28-13-3-12-27(16-17-28)23(29)25-21-10-14-26(15-11-21)18-19-4-1-2-5-19/h6-9,19,21H,1-5,10-18H2,(H,25,29). The molecule has 7 nitrogen and oxygen atoms in total. The maximum Gasteiger partial charge on any atom is 0.317 e. The van der Waals surface area contributed by atoms with Gasteiger partial charge in [-0.05, 0) is 62.3 Å². The van der Waals surface area contributed by atoms with Crippen LogP contribution in [0.3, 0.4) is 0 Å². The van der Waals surface area contributed by atoms with E-state index in [1.807, 2.05) is 0 Å². The molecule has 2 saturated heterocycles. The fourth-order valence-electron chi connectivity index (χ4n) is 5.18. The summed E-state index contributed by atoms with van der Waals surface area (Å²) in [7, 11) is -3.69. The van der Waals surface area contributed by atoms with Gasteiger partial charge in [-0.15, -0.1) is 0 Å². The molecule has 9 heteroatoms. The predicted molar refractivity (Wildman–Crippen MR) is 121 cm³/mol. The molecule has 1 saturated carbocycles. The van der Waals surface area contributed by atoms with Gasteiger partial charge in [-0.1, -0.05) is 12.8 Å². The van der Waals surface area contributed by atoms with E-state index in [0.29, 0.717) is 26.1 Å². The molecule has 1 aliphatic carbocycles. The lowest BCUT2D eigenvalue weighted by Crippen LogP contribution is -2.50. The van der Waals surface area contributed by atoms with Gasteiger partial charge >= 0.3 is 6.03 Å². The zero-order valence-electron chi connectivity index (χ0n) is 18.7. The Hall–Kier alpha value is -1.71. The highest BCUT2D eigenvalue weighted by Crippen LogP contribution is 2.26. The Morgan fingerprint density at radius 2 is 1.59 bits per heavy atom. The summed E-state index contributed by atoms with van der Waals surface area (Å²) in [5, 5.41) is 3.17. The fourth-order valence-corrected chi connectivity index (χ4v) is 6.65. The molecule has 0 atom stereocenters. The van der Waals surface area contributed by atoms with Crippen LogP contribution in [0.1, 0.15) is 44.9 Å². The summed E-state index contributed by atoms with van der Waals surface area (Å²) in [6.45, 7) is 4.74. The highest BCUT2D eigenvalue weighted by Gasteiger charge is 2.30. The van der Waals surface area contributed by atoms with Crippen molar-refractivity contribution in [3.63, 3.8) is 0 Å². The molecular formula is C23H35FN4O3S. The smallest absolute Gasteiger partial charge is 0.317 e. The number of sulfonamides is 1. The molecule has 3 aliphatic rings. The number of nitrogens with zero attached hydrogens (tertiary/aromatic N) is 3. The van der Waals surface area contributed by atoms with Gasteiger partial charge in [0.25, 0.3) is 0 Å². The molecule has 0 radical (unpaired) electrons. The summed E-state index contributed by atoms with van der Waals surface area (Å²) in [5.74, 6) is 0.388. The average Bonchev–Trinajstić information content (AvgIpc) is 3.15. The van der Waals surface area contributed by atoms with Gasteiger partial charge < -0.3 is 15.1 Å². The van der Waals surface area contributed by atoms with Crippen LogP contribution in [0.2, 0.25) is 0 Å². The lowest BCUT2D eigenvalue weighted by molar-refractivity contribution is 0.161. The monoisotopic (exact) mass is 466 g/mol. The van der Waals surface area contributed by atoms with Gasteiger partial charge in [0.1, 0.15) is 5.82 Å². The van der Waals surface area contributed by atoms with Crippen molar-refractivity contribution in [1.82, 2.24) is 19.4 Å². The van der Waals surface area contributed by atoms with Gasteiger partial charge in [0.05, 0.1) is 4.90 Å². The molecule has 2 heterocycles. The van der Waals surface area contributed by atoms with E-state index in [4.69, 9.17) is 0 Å². The van der Waals surface area contributed by atoms with Crippen LogP contribution < -0.4 is 5.32 Å². The molecule has 0 bridgehead atoms. The Balaban J connectivity index is 1.24. The van der Waals surface area contributed by atoms with Crippen molar-refractivity contribution in [2.24, 2.45) is 5.92 Å². The van der Waals surface area contributed by atoms with Crippen molar-refractivity contribution < 1.29 is 17.6 Å². The molecule has 2 aliphatic heterocycles. The normalized spacial score (nSPS) is 22.7. The number of piperidine rings is 1. The maximum atomic E-state index is 13.2. The van der Waals surface area contributed by atoms with E-state index in [1.165, 1.54) is 48.7 Å². The lowest BCUT2D eigenvalue weighted by Gasteiger charge is -2.34. The number of likely N-dealkylation sites (tertiary alicyclic amines) is 1. The summed E-state index contributed by atoms with van der Waals surface area (Å²) in [6.07, 6.45) is 7.98. The Labute approximate surface area is 191 Å². The van der Waals surface area contributed by atoms with Crippen LogP contribution in [0, 0.1) is 11.7 Å². The number of amides is 2. The van der Waals surface area contributed by atoms with Crippen molar-refractivity contribution in [2.75, 3.05) is 45.8 Å². The third kappa shape index (κ3) is 5.80. The lowest BCUT2D eigenvalue weighted by atomic mass is 10.0. The molecule has 3 fully saturated rings. The fraction of sp³-hybridized carbons (Fsp3) is 0.696. The third-order valence-electron chi connectivity index (χ3n) is 7.10. The number of rotatable bonds is 5. The Morgan fingerprint density at radius 1 is 0.906 bits per heavy atom. The Morgan fingerprint density at radius 3 is 2.28 bits per heavy atom. The number of hydrogen-bond donors (Lipinski definition) is 1. The van der Waals surface area contributed by atoms with Crippen molar-refractivity contribution in [2.45, 2.75) is 55.9 Å². The number of nitrogens with one attached hydrogen (secondary N) is 1. The predicted octanol–water partition coefficient (Wildman–Crippen LogP) is 2.89. The van der Waals surface area contributed by atoms with Crippen LogP contribution in [-0.4, -0.2) is 80.4 Å². The first-order valence-corrected chi connectivity index (χ1v) is 13.4. The van der Waals surface area contributed by atoms with Gasteiger partial charge in [0, 0.05) is 51.9 Å². The summed E-state index contributed by atoms with van der Waals surface area (Å²) in [4.78, 5) is 17.2. The number of carbonyl (C=O) groups excluding carboxylic acids is 1. The third-order valence-corrected chi connectivity index (χ3v) is 9.01. The molecule has 2 amide bonds. The van der Waals surface area contributed by atoms with Gasteiger partial charge in [0.2, 0.25) is 10.0 Å². The number of carbonyl (C=O) groups is 1. The second-order valence-electron chi connectivity index (χ2n) is 9.37. The molecule has 4 rings (SSSR count). The quantitative estimate of drug-likeness (QED) is 0.724. The van der Waals surface area contributed by atoms with Gasteiger partial charge in [-0.25, -0.2) is 17.6 Å². The second kappa shape index (κ2) is 10.5. The van der Waals surface area contributed by atoms with E-state index in [0.717, 1.165) is 44.0 Å². The van der Waals surface area contributed by atoms with Gasteiger partial charge in [0.15, 0.2) is 0 Å². The Kier molecular flexibility index (Phi) is 7.68. The molecular weight excluding hydrogens is 431 g/mol. The molecule has 1 aromatic carbocycles. The first kappa shape index (κ1) is 23.4. The van der Waals surface area contributed by atoms with E-state index in [9.17, 15) is 17.6 Å². The SMILES string of the molecule is O=C(NC1CCN(CC2CCCC2)CC1)N1CCCN(S(=O)(=O)c2ccc(F)cc2)CC1. The minimum absolute atomic E-state index is 0.0844. The van der Waals surface area contributed by atoms with E-state index in [1.54, 1.807) is 4.90 Å². The topological polar surface area (TPSA) is 73.0 Å². The first-order chi connectivity index (χ1) is 15.4. The summed E-state index contributed by atoms with van der Waals surface area (Å²) >= 11 is 0. The highest BCUT2D eigenvalue weighted by molar-refractivity contribution is 7.89. The van der Waals surface area contributed by atoms with Crippen LogP contribution >= 0.6 is 0 Å². The van der Waals surface area contributed by atoms with Crippen molar-refractivity contribution in [3.8, 4) is 0 Å². The molecule has 0 spiro atoms. The summed E-state index contributed by atoms with van der Waals surface area (Å²) in [6, 6.07) is 4.98. The average molecular weight is 467 g/mol. The van der Waals surface area contributed by atoms with Crippen LogP contribution in [0.4, 0.5) is 9.18 Å². The van der Waals surface area contributed by atoms with Gasteiger partial charge in [-0.3, -0.25) is 0 Å². The van der Waals surface area contributed by atoms with Crippen LogP contribution in [-0.2, 0) is 10.0 Å². The highest BCUT2D eigenvalue weighted by atomic mass is 32.2. The molecule has 1 N–H and O–H groups in total. The van der Waals surface area contributed by atoms with Crippen LogP contribution in [0.5, 0.6) is 0 Å². The zero-order chi connectivity index (χ0) is 22.6. The number of benzene rings is 1. The van der Waals surface area contributed by atoms with E-state index in [-0.39, 0.29) is 23.5 Å². The molecule has 0 unspecified atom stereocenters. The van der Waals surface area contributed by atoms with E-state index < -0.39 is 15.8 Å². The molecule has 1 aromatic rings. The number of halogens is 1. The van der Waals surface area contributed by atoms with Crippen molar-refractivity contribution >= 4 is 16.1 Å². The van der Waals surface area contributed by atoms with E-state index >= 15 is 0 Å². The number of hydrogen-bond acceptors (Lipinski definition) is 4. The van der Waals surface area contributed by atoms with E-state index in [2.05, 4.69) is 10.2 Å². The van der Waals surface area contributed by atoms with Gasteiger partial charge in [-0.2, -0.15) is 4.31 Å². The minimum Gasteiger partial charge on any atom is -0.335 e. The maximum absolute atomic E-state index is 13.2. The summed E-state index contributed by atoms with van der Waals surface area (Å²) < 4.78 is 40.3. The summed E-state index contributed by atoms with van der Waals surface area (Å²) in [5.41, 5.74) is 0. The molecule has 32 heavy (non-hydrogen) atoms.